The van der Waals surface area contributed by atoms with Crippen LogP contribution < -0.4 is 10.6 Å². The van der Waals surface area contributed by atoms with Gasteiger partial charge < -0.3 is 10.6 Å². The van der Waals surface area contributed by atoms with Crippen molar-refractivity contribution >= 4 is 5.91 Å². The Balaban J connectivity index is 1.69. The Hall–Kier alpha value is -0.570. The van der Waals surface area contributed by atoms with Crippen LogP contribution in [0.3, 0.4) is 0 Å². The van der Waals surface area contributed by atoms with Crippen LogP contribution in [0.5, 0.6) is 0 Å². The summed E-state index contributed by atoms with van der Waals surface area (Å²) in [6.07, 6.45) is 9.23. The lowest BCUT2D eigenvalue weighted by atomic mass is 9.85. The van der Waals surface area contributed by atoms with Crippen molar-refractivity contribution in [1.29, 1.82) is 0 Å². The SMILES string of the molecule is O=C1NCCNC1CCC1CCCCC1. The highest BCUT2D eigenvalue weighted by molar-refractivity contribution is 5.82. The number of hydrogen-bond acceptors (Lipinski definition) is 2. The van der Waals surface area contributed by atoms with E-state index in [1.54, 1.807) is 0 Å². The summed E-state index contributed by atoms with van der Waals surface area (Å²) < 4.78 is 0. The van der Waals surface area contributed by atoms with Gasteiger partial charge in [-0.3, -0.25) is 4.79 Å². The minimum atomic E-state index is 0.0840. The van der Waals surface area contributed by atoms with E-state index in [0.717, 1.165) is 25.4 Å². The van der Waals surface area contributed by atoms with Gasteiger partial charge in [0, 0.05) is 13.1 Å². The highest BCUT2D eigenvalue weighted by atomic mass is 16.2. The number of carbonyl (C=O) groups excluding carboxylic acids is 1. The van der Waals surface area contributed by atoms with E-state index >= 15 is 0 Å². The molecule has 0 aromatic rings. The van der Waals surface area contributed by atoms with Crippen molar-refractivity contribution < 1.29 is 4.79 Å². The molecule has 1 saturated heterocycles. The topological polar surface area (TPSA) is 41.1 Å². The molecule has 2 rings (SSSR count). The van der Waals surface area contributed by atoms with Gasteiger partial charge in [0.25, 0.3) is 0 Å². The maximum Gasteiger partial charge on any atom is 0.237 e. The molecule has 1 heterocycles. The van der Waals surface area contributed by atoms with E-state index in [0.29, 0.717) is 0 Å². The molecule has 3 nitrogen and oxygen atoms in total. The van der Waals surface area contributed by atoms with Crippen LogP contribution in [0.25, 0.3) is 0 Å². The summed E-state index contributed by atoms with van der Waals surface area (Å²) in [5.41, 5.74) is 0. The molecule has 1 unspecified atom stereocenters. The average Bonchev–Trinajstić information content (AvgIpc) is 2.29. The van der Waals surface area contributed by atoms with E-state index in [4.69, 9.17) is 0 Å². The van der Waals surface area contributed by atoms with Gasteiger partial charge in [-0.15, -0.1) is 0 Å². The van der Waals surface area contributed by atoms with Crippen LogP contribution in [-0.2, 0) is 4.79 Å². The molecule has 15 heavy (non-hydrogen) atoms. The summed E-state index contributed by atoms with van der Waals surface area (Å²) in [6.45, 7) is 1.72. The van der Waals surface area contributed by atoms with Crippen LogP contribution in [0.15, 0.2) is 0 Å². The Morgan fingerprint density at radius 3 is 2.60 bits per heavy atom. The van der Waals surface area contributed by atoms with Gasteiger partial charge in [0.05, 0.1) is 6.04 Å². The first-order valence-corrected chi connectivity index (χ1v) is 6.37. The van der Waals surface area contributed by atoms with Gasteiger partial charge in [-0.05, 0) is 18.8 Å². The molecule has 1 amide bonds. The minimum absolute atomic E-state index is 0.0840. The standard InChI is InChI=1S/C12H22N2O/c15-12-11(13-8-9-14-12)7-6-10-4-2-1-3-5-10/h10-11,13H,1-9H2,(H,14,15). The normalized spacial score (nSPS) is 28.8. The summed E-state index contributed by atoms with van der Waals surface area (Å²) in [5, 5.41) is 6.21. The number of piperazine rings is 1. The molecule has 1 atom stereocenters. The van der Waals surface area contributed by atoms with E-state index in [2.05, 4.69) is 10.6 Å². The molecule has 0 aromatic carbocycles. The summed E-state index contributed by atoms with van der Waals surface area (Å²) >= 11 is 0. The number of carbonyl (C=O) groups is 1. The van der Waals surface area contributed by atoms with E-state index in [1.165, 1.54) is 38.5 Å². The lowest BCUT2D eigenvalue weighted by Crippen LogP contribution is -2.52. The zero-order valence-electron chi connectivity index (χ0n) is 9.43. The number of nitrogens with one attached hydrogen (secondary N) is 2. The lowest BCUT2D eigenvalue weighted by molar-refractivity contribution is -0.124. The van der Waals surface area contributed by atoms with Crippen LogP contribution >= 0.6 is 0 Å². The fourth-order valence-electron chi connectivity index (χ4n) is 2.76. The molecule has 1 aliphatic heterocycles. The van der Waals surface area contributed by atoms with Gasteiger partial charge in [0.2, 0.25) is 5.91 Å². The maximum absolute atomic E-state index is 11.5. The van der Waals surface area contributed by atoms with Crippen molar-refractivity contribution in [3.63, 3.8) is 0 Å². The second-order valence-corrected chi connectivity index (χ2v) is 4.88. The van der Waals surface area contributed by atoms with Gasteiger partial charge in [-0.25, -0.2) is 0 Å². The largest absolute Gasteiger partial charge is 0.353 e. The van der Waals surface area contributed by atoms with E-state index in [-0.39, 0.29) is 11.9 Å². The fourth-order valence-corrected chi connectivity index (χ4v) is 2.76. The molecular formula is C12H22N2O. The van der Waals surface area contributed by atoms with Crippen LogP contribution in [0.2, 0.25) is 0 Å². The van der Waals surface area contributed by atoms with Crippen LogP contribution in [0.1, 0.15) is 44.9 Å². The third-order valence-electron chi connectivity index (χ3n) is 3.72. The fraction of sp³-hybridized carbons (Fsp3) is 0.917. The van der Waals surface area contributed by atoms with E-state index in [9.17, 15) is 4.79 Å². The molecule has 0 aromatic heterocycles. The van der Waals surface area contributed by atoms with Crippen molar-refractivity contribution in [3.05, 3.63) is 0 Å². The molecule has 2 aliphatic rings. The molecule has 0 spiro atoms. The van der Waals surface area contributed by atoms with Gasteiger partial charge >= 0.3 is 0 Å². The lowest BCUT2D eigenvalue weighted by Gasteiger charge is -2.26. The third kappa shape index (κ3) is 3.20. The summed E-state index contributed by atoms with van der Waals surface area (Å²) in [4.78, 5) is 11.5. The minimum Gasteiger partial charge on any atom is -0.353 e. The number of hydrogen-bond donors (Lipinski definition) is 2. The zero-order valence-corrected chi connectivity index (χ0v) is 9.43. The first-order chi connectivity index (χ1) is 7.36. The molecule has 3 heteroatoms. The summed E-state index contributed by atoms with van der Waals surface area (Å²) in [5.74, 6) is 1.09. The van der Waals surface area contributed by atoms with Crippen molar-refractivity contribution in [2.45, 2.75) is 51.0 Å². The van der Waals surface area contributed by atoms with Crippen molar-refractivity contribution in [2.24, 2.45) is 5.92 Å². The highest BCUT2D eigenvalue weighted by Gasteiger charge is 2.22. The van der Waals surface area contributed by atoms with Gasteiger partial charge in [-0.2, -0.15) is 0 Å². The zero-order chi connectivity index (χ0) is 10.5. The van der Waals surface area contributed by atoms with Crippen molar-refractivity contribution in [1.82, 2.24) is 10.6 Å². The third-order valence-corrected chi connectivity index (χ3v) is 3.72. The molecule has 2 fully saturated rings. The summed E-state index contributed by atoms with van der Waals surface area (Å²) in [7, 11) is 0. The quantitative estimate of drug-likeness (QED) is 0.740. The molecule has 2 N–H and O–H groups in total. The van der Waals surface area contributed by atoms with Gasteiger partial charge in [-0.1, -0.05) is 32.1 Å². The first kappa shape index (κ1) is 10.9. The molecule has 0 bridgehead atoms. The van der Waals surface area contributed by atoms with E-state index in [1.807, 2.05) is 0 Å². The van der Waals surface area contributed by atoms with Crippen LogP contribution in [0, 0.1) is 5.92 Å². The van der Waals surface area contributed by atoms with Gasteiger partial charge in [0.15, 0.2) is 0 Å². The Morgan fingerprint density at radius 1 is 1.07 bits per heavy atom. The molecular weight excluding hydrogens is 188 g/mol. The molecule has 86 valence electrons. The van der Waals surface area contributed by atoms with Gasteiger partial charge in [0.1, 0.15) is 0 Å². The van der Waals surface area contributed by atoms with Crippen molar-refractivity contribution in [3.8, 4) is 0 Å². The Bertz CT molecular complexity index is 212. The predicted octanol–water partition coefficient (Wildman–Crippen LogP) is 1.43. The second-order valence-electron chi connectivity index (χ2n) is 4.88. The second kappa shape index (κ2) is 5.50. The monoisotopic (exact) mass is 210 g/mol. The Morgan fingerprint density at radius 2 is 1.87 bits per heavy atom. The highest BCUT2D eigenvalue weighted by Crippen LogP contribution is 2.27. The van der Waals surface area contributed by atoms with Crippen LogP contribution in [0.4, 0.5) is 0 Å². The number of rotatable bonds is 3. The number of amides is 1. The average molecular weight is 210 g/mol. The molecule has 1 saturated carbocycles. The maximum atomic E-state index is 11.5. The predicted molar refractivity (Wildman–Crippen MR) is 60.6 cm³/mol. The summed E-state index contributed by atoms with van der Waals surface area (Å²) in [6, 6.07) is 0.0840. The molecule has 1 aliphatic carbocycles. The Kier molecular flexibility index (Phi) is 4.01. The van der Waals surface area contributed by atoms with E-state index < -0.39 is 0 Å². The smallest absolute Gasteiger partial charge is 0.237 e. The first-order valence-electron chi connectivity index (χ1n) is 6.37. The van der Waals surface area contributed by atoms with Crippen LogP contribution in [-0.4, -0.2) is 25.0 Å². The Labute approximate surface area is 92.0 Å². The van der Waals surface area contributed by atoms with Crippen molar-refractivity contribution in [2.75, 3.05) is 13.1 Å². The molecule has 0 radical (unpaired) electrons.